The number of pyridine rings is 1. The third-order valence-corrected chi connectivity index (χ3v) is 4.73. The molecule has 1 amide bonds. The van der Waals surface area contributed by atoms with E-state index in [1.165, 1.54) is 0 Å². The van der Waals surface area contributed by atoms with E-state index in [4.69, 9.17) is 14.5 Å². The maximum atomic E-state index is 12.8. The molecule has 1 aliphatic carbocycles. The van der Waals surface area contributed by atoms with Crippen molar-refractivity contribution in [2.75, 3.05) is 14.2 Å². The summed E-state index contributed by atoms with van der Waals surface area (Å²) in [6.07, 6.45) is 3.82. The topological polar surface area (TPSA) is 72.8 Å². The van der Waals surface area contributed by atoms with Gasteiger partial charge in [0, 0.05) is 28.6 Å². The van der Waals surface area contributed by atoms with Crippen molar-refractivity contribution in [2.24, 2.45) is 5.10 Å². The Hall–Kier alpha value is -3.41. The molecule has 0 spiro atoms. The van der Waals surface area contributed by atoms with Crippen LogP contribution in [-0.2, 0) is 0 Å². The molecule has 1 aromatic heterocycles. The van der Waals surface area contributed by atoms with Crippen molar-refractivity contribution < 1.29 is 14.3 Å². The van der Waals surface area contributed by atoms with Gasteiger partial charge in [0.15, 0.2) is 0 Å². The lowest BCUT2D eigenvalue weighted by Crippen LogP contribution is -2.18. The van der Waals surface area contributed by atoms with Crippen LogP contribution in [0.1, 0.15) is 40.4 Å². The summed E-state index contributed by atoms with van der Waals surface area (Å²) >= 11 is 0. The molecule has 0 aliphatic heterocycles. The summed E-state index contributed by atoms with van der Waals surface area (Å²) in [6.45, 7) is 0. The van der Waals surface area contributed by atoms with Crippen molar-refractivity contribution in [1.29, 1.82) is 0 Å². The highest BCUT2D eigenvalue weighted by Crippen LogP contribution is 2.40. The number of ether oxygens (including phenoxy) is 2. The van der Waals surface area contributed by atoms with E-state index in [-0.39, 0.29) is 5.91 Å². The largest absolute Gasteiger partial charge is 0.497 e. The molecule has 0 atom stereocenters. The van der Waals surface area contributed by atoms with Gasteiger partial charge in [0.1, 0.15) is 11.5 Å². The maximum absolute atomic E-state index is 12.8. The van der Waals surface area contributed by atoms with Crippen LogP contribution in [0.3, 0.4) is 0 Å². The standard InChI is InChI=1S/C22H21N3O3/c1-27-16-9-14(10-17(11-16)28-2)13-23-25-22(26)19-12-21(15-7-8-15)24-20-6-4-3-5-18(19)20/h3-6,9-13,15H,7-8H2,1-2H3,(H,25,26)/b23-13+. The lowest BCUT2D eigenvalue weighted by molar-refractivity contribution is 0.0956. The Labute approximate surface area is 163 Å². The number of para-hydroxylation sites is 1. The summed E-state index contributed by atoms with van der Waals surface area (Å²) in [6, 6.07) is 15.0. The molecule has 2 aromatic carbocycles. The van der Waals surface area contributed by atoms with Crippen LogP contribution < -0.4 is 14.9 Å². The second-order valence-corrected chi connectivity index (χ2v) is 6.73. The Kier molecular flexibility index (Phi) is 4.93. The van der Waals surface area contributed by atoms with Crippen LogP contribution in [0.4, 0.5) is 0 Å². The highest BCUT2D eigenvalue weighted by atomic mass is 16.5. The van der Waals surface area contributed by atoms with Crippen LogP contribution in [0.25, 0.3) is 10.9 Å². The van der Waals surface area contributed by atoms with E-state index in [0.717, 1.165) is 35.0 Å². The van der Waals surface area contributed by atoms with E-state index in [2.05, 4.69) is 10.5 Å². The second kappa shape index (κ2) is 7.68. The molecule has 142 valence electrons. The van der Waals surface area contributed by atoms with Crippen molar-refractivity contribution in [3.05, 3.63) is 65.4 Å². The molecule has 0 unspecified atom stereocenters. The molecule has 1 aliphatic rings. The number of nitrogens with zero attached hydrogens (tertiary/aromatic N) is 2. The minimum absolute atomic E-state index is 0.258. The lowest BCUT2D eigenvalue weighted by Gasteiger charge is -2.08. The Bertz CT molecular complexity index is 1040. The van der Waals surface area contributed by atoms with Gasteiger partial charge in [0.25, 0.3) is 5.91 Å². The molecular formula is C22H21N3O3. The zero-order valence-electron chi connectivity index (χ0n) is 15.8. The van der Waals surface area contributed by atoms with E-state index in [1.54, 1.807) is 26.5 Å². The van der Waals surface area contributed by atoms with Gasteiger partial charge in [-0.15, -0.1) is 0 Å². The first-order valence-electron chi connectivity index (χ1n) is 9.14. The number of nitrogens with one attached hydrogen (secondary N) is 1. The number of hydrogen-bond donors (Lipinski definition) is 1. The number of carbonyl (C=O) groups excluding carboxylic acids is 1. The van der Waals surface area contributed by atoms with Gasteiger partial charge in [-0.25, -0.2) is 5.43 Å². The minimum atomic E-state index is -0.258. The molecule has 1 N–H and O–H groups in total. The van der Waals surface area contributed by atoms with Gasteiger partial charge in [-0.3, -0.25) is 9.78 Å². The summed E-state index contributed by atoms with van der Waals surface area (Å²) in [5.41, 5.74) is 5.78. The zero-order chi connectivity index (χ0) is 19.5. The predicted molar refractivity (Wildman–Crippen MR) is 108 cm³/mol. The monoisotopic (exact) mass is 375 g/mol. The van der Waals surface area contributed by atoms with Crippen molar-refractivity contribution >= 4 is 23.0 Å². The molecule has 1 saturated carbocycles. The van der Waals surface area contributed by atoms with Gasteiger partial charge >= 0.3 is 0 Å². The number of amides is 1. The molecule has 0 radical (unpaired) electrons. The van der Waals surface area contributed by atoms with Crippen LogP contribution in [-0.4, -0.2) is 31.3 Å². The maximum Gasteiger partial charge on any atom is 0.272 e. The molecule has 0 bridgehead atoms. The normalized spacial score (nSPS) is 13.6. The summed E-state index contributed by atoms with van der Waals surface area (Å²) in [5, 5.41) is 4.93. The van der Waals surface area contributed by atoms with E-state index in [9.17, 15) is 4.79 Å². The van der Waals surface area contributed by atoms with E-state index >= 15 is 0 Å². The van der Waals surface area contributed by atoms with Gasteiger partial charge in [-0.05, 0) is 37.1 Å². The SMILES string of the molecule is COc1cc(/C=N/NC(=O)c2cc(C3CC3)nc3ccccc23)cc(OC)c1. The van der Waals surface area contributed by atoms with E-state index in [1.807, 2.05) is 42.5 Å². The Morgan fingerprint density at radius 1 is 1.11 bits per heavy atom. The van der Waals surface area contributed by atoms with Crippen LogP contribution in [0.15, 0.2) is 53.6 Å². The Balaban J connectivity index is 1.58. The van der Waals surface area contributed by atoms with E-state index < -0.39 is 0 Å². The molecule has 1 heterocycles. The third kappa shape index (κ3) is 3.81. The molecule has 0 saturated heterocycles. The first kappa shape index (κ1) is 18.0. The van der Waals surface area contributed by atoms with Crippen molar-refractivity contribution in [3.8, 4) is 11.5 Å². The smallest absolute Gasteiger partial charge is 0.272 e. The molecule has 3 aromatic rings. The zero-order valence-corrected chi connectivity index (χ0v) is 15.8. The number of aromatic nitrogens is 1. The number of rotatable bonds is 6. The number of hydrazone groups is 1. The number of carbonyl (C=O) groups is 1. The quantitative estimate of drug-likeness (QED) is 0.524. The first-order valence-corrected chi connectivity index (χ1v) is 9.14. The molecule has 28 heavy (non-hydrogen) atoms. The average molecular weight is 375 g/mol. The van der Waals surface area contributed by atoms with Crippen LogP contribution in [0.2, 0.25) is 0 Å². The molecule has 1 fully saturated rings. The minimum Gasteiger partial charge on any atom is -0.497 e. The molecule has 4 rings (SSSR count). The molecule has 6 heteroatoms. The van der Waals surface area contributed by atoms with Crippen molar-refractivity contribution in [1.82, 2.24) is 10.4 Å². The number of methoxy groups -OCH3 is 2. The van der Waals surface area contributed by atoms with E-state index in [0.29, 0.717) is 23.0 Å². The fourth-order valence-corrected chi connectivity index (χ4v) is 3.10. The van der Waals surface area contributed by atoms with Crippen LogP contribution in [0, 0.1) is 0 Å². The number of benzene rings is 2. The summed E-state index contributed by atoms with van der Waals surface area (Å²) < 4.78 is 10.5. The van der Waals surface area contributed by atoms with Crippen molar-refractivity contribution in [2.45, 2.75) is 18.8 Å². The second-order valence-electron chi connectivity index (χ2n) is 6.73. The van der Waals surface area contributed by atoms with Crippen molar-refractivity contribution in [3.63, 3.8) is 0 Å². The Morgan fingerprint density at radius 2 is 1.82 bits per heavy atom. The van der Waals surface area contributed by atoms with Crippen LogP contribution in [0.5, 0.6) is 11.5 Å². The Morgan fingerprint density at radius 3 is 2.50 bits per heavy atom. The predicted octanol–water partition coefficient (Wildman–Crippen LogP) is 3.89. The fraction of sp³-hybridized carbons (Fsp3) is 0.227. The average Bonchev–Trinajstić information content (AvgIpc) is 3.58. The van der Waals surface area contributed by atoms with Gasteiger partial charge in [0.05, 0.1) is 31.5 Å². The summed E-state index contributed by atoms with van der Waals surface area (Å²) in [4.78, 5) is 17.5. The molecular weight excluding hydrogens is 354 g/mol. The van der Waals surface area contributed by atoms with Gasteiger partial charge in [0.2, 0.25) is 0 Å². The summed E-state index contributed by atoms with van der Waals surface area (Å²) in [5.74, 6) is 1.51. The lowest BCUT2D eigenvalue weighted by atomic mass is 10.1. The number of fused-ring (bicyclic) bond motifs is 1. The highest BCUT2D eigenvalue weighted by molar-refractivity contribution is 6.06. The van der Waals surface area contributed by atoms with Gasteiger partial charge in [-0.2, -0.15) is 5.10 Å². The highest BCUT2D eigenvalue weighted by Gasteiger charge is 2.26. The van der Waals surface area contributed by atoms with Crippen LogP contribution >= 0.6 is 0 Å². The third-order valence-electron chi connectivity index (χ3n) is 4.73. The van der Waals surface area contributed by atoms with Gasteiger partial charge in [-0.1, -0.05) is 18.2 Å². The number of hydrogen-bond acceptors (Lipinski definition) is 5. The first-order chi connectivity index (χ1) is 13.7. The summed E-state index contributed by atoms with van der Waals surface area (Å²) in [7, 11) is 3.17. The molecule has 6 nitrogen and oxygen atoms in total. The fourth-order valence-electron chi connectivity index (χ4n) is 3.10. The van der Waals surface area contributed by atoms with Gasteiger partial charge < -0.3 is 9.47 Å².